The van der Waals surface area contributed by atoms with Gasteiger partial charge in [-0.1, -0.05) is 24.3 Å². The normalized spacial score (nSPS) is 12.6. The Balaban J connectivity index is 2.88. The number of ether oxygens (including phenoxy) is 1. The van der Waals surface area contributed by atoms with Crippen LogP contribution in [-0.4, -0.2) is 22.8 Å². The van der Waals surface area contributed by atoms with Crippen molar-refractivity contribution in [3.63, 3.8) is 0 Å². The average molecular weight is 279 g/mol. The summed E-state index contributed by atoms with van der Waals surface area (Å²) in [6.45, 7) is 7.15. The number of aryl methyl sites for hydroxylation is 1. The van der Waals surface area contributed by atoms with Crippen LogP contribution in [0.25, 0.3) is 0 Å². The van der Waals surface area contributed by atoms with Gasteiger partial charge in [-0.25, -0.2) is 4.79 Å². The minimum atomic E-state index is -0.977. The molecule has 0 aliphatic carbocycles. The zero-order valence-corrected chi connectivity index (χ0v) is 12.3. The second-order valence-electron chi connectivity index (χ2n) is 5.65. The standard InChI is InChI=1S/C15H21NO4/c1-10-7-5-6-8-11(10)12(9-13(17)18)16-14(19)20-15(2,3)4/h5-8,12H,9H2,1-4H3,(H,16,19)(H,17,18)/t12-/m1/s1. The Morgan fingerprint density at radius 2 is 1.90 bits per heavy atom. The predicted molar refractivity (Wildman–Crippen MR) is 75.5 cm³/mol. The summed E-state index contributed by atoms with van der Waals surface area (Å²) in [5.41, 5.74) is 1.08. The van der Waals surface area contributed by atoms with Crippen molar-refractivity contribution in [2.75, 3.05) is 0 Å². The molecule has 0 spiro atoms. The van der Waals surface area contributed by atoms with Gasteiger partial charge in [0.2, 0.25) is 0 Å². The van der Waals surface area contributed by atoms with Crippen LogP contribution in [0, 0.1) is 6.92 Å². The summed E-state index contributed by atoms with van der Waals surface area (Å²) in [6, 6.07) is 6.75. The van der Waals surface area contributed by atoms with E-state index in [4.69, 9.17) is 9.84 Å². The molecule has 1 amide bonds. The first-order valence-electron chi connectivity index (χ1n) is 6.46. The van der Waals surface area contributed by atoms with Gasteiger partial charge in [0.25, 0.3) is 0 Å². The Kier molecular flexibility index (Phi) is 5.13. The number of rotatable bonds is 4. The van der Waals surface area contributed by atoms with Gasteiger partial charge in [-0.3, -0.25) is 4.79 Å². The molecule has 110 valence electrons. The van der Waals surface area contributed by atoms with E-state index in [1.807, 2.05) is 25.1 Å². The topological polar surface area (TPSA) is 75.6 Å². The first-order chi connectivity index (χ1) is 9.19. The molecule has 0 heterocycles. The first-order valence-corrected chi connectivity index (χ1v) is 6.46. The van der Waals surface area contributed by atoms with E-state index in [-0.39, 0.29) is 6.42 Å². The molecule has 0 aliphatic heterocycles. The Labute approximate surface area is 118 Å². The van der Waals surface area contributed by atoms with Gasteiger partial charge in [0, 0.05) is 0 Å². The second-order valence-corrected chi connectivity index (χ2v) is 5.65. The van der Waals surface area contributed by atoms with Crippen LogP contribution in [0.2, 0.25) is 0 Å². The summed E-state index contributed by atoms with van der Waals surface area (Å²) < 4.78 is 5.17. The van der Waals surface area contributed by atoms with Crippen molar-refractivity contribution in [3.8, 4) is 0 Å². The number of carbonyl (C=O) groups is 2. The summed E-state index contributed by atoms with van der Waals surface area (Å²) in [5, 5.41) is 11.6. The molecule has 0 aromatic heterocycles. The van der Waals surface area contributed by atoms with Gasteiger partial charge in [-0.05, 0) is 38.8 Å². The minimum Gasteiger partial charge on any atom is -0.481 e. The number of amides is 1. The second kappa shape index (κ2) is 6.41. The molecule has 0 fully saturated rings. The first kappa shape index (κ1) is 16.0. The fourth-order valence-electron chi connectivity index (χ4n) is 1.84. The van der Waals surface area contributed by atoms with E-state index < -0.39 is 23.7 Å². The number of carboxylic acid groups (broad SMARTS) is 1. The lowest BCUT2D eigenvalue weighted by atomic mass is 9.99. The molecule has 1 aromatic rings. The predicted octanol–water partition coefficient (Wildman–Crippen LogP) is 3.04. The molecule has 2 N–H and O–H groups in total. The fraction of sp³-hybridized carbons (Fsp3) is 0.467. The molecular weight excluding hydrogens is 258 g/mol. The van der Waals surface area contributed by atoms with E-state index in [2.05, 4.69) is 5.32 Å². The zero-order chi connectivity index (χ0) is 15.3. The number of hydrogen-bond donors (Lipinski definition) is 2. The van der Waals surface area contributed by atoms with Crippen LogP contribution >= 0.6 is 0 Å². The van der Waals surface area contributed by atoms with Crippen LogP contribution in [0.3, 0.4) is 0 Å². The highest BCUT2D eigenvalue weighted by Gasteiger charge is 2.23. The highest BCUT2D eigenvalue weighted by molar-refractivity contribution is 5.72. The molecule has 0 saturated carbocycles. The summed E-state index contributed by atoms with van der Waals surface area (Å²) in [5.74, 6) is -0.977. The molecule has 0 radical (unpaired) electrons. The fourth-order valence-corrected chi connectivity index (χ4v) is 1.84. The smallest absolute Gasteiger partial charge is 0.408 e. The molecule has 0 saturated heterocycles. The molecule has 5 heteroatoms. The van der Waals surface area contributed by atoms with Crippen molar-refractivity contribution in [2.45, 2.75) is 45.8 Å². The van der Waals surface area contributed by atoms with Gasteiger partial charge in [0.1, 0.15) is 5.60 Å². The Morgan fingerprint density at radius 1 is 1.30 bits per heavy atom. The number of alkyl carbamates (subject to hydrolysis) is 1. The summed E-state index contributed by atoms with van der Waals surface area (Å²) in [7, 11) is 0. The molecule has 0 aliphatic rings. The third-order valence-electron chi connectivity index (χ3n) is 2.63. The number of benzene rings is 1. The molecule has 0 bridgehead atoms. The number of aliphatic carboxylic acids is 1. The van der Waals surface area contributed by atoms with Gasteiger partial charge in [-0.15, -0.1) is 0 Å². The number of hydrogen-bond acceptors (Lipinski definition) is 3. The largest absolute Gasteiger partial charge is 0.481 e. The summed E-state index contributed by atoms with van der Waals surface area (Å²) in [4.78, 5) is 22.8. The van der Waals surface area contributed by atoms with Crippen LogP contribution in [0.5, 0.6) is 0 Å². The SMILES string of the molecule is Cc1ccccc1[C@@H](CC(=O)O)NC(=O)OC(C)(C)C. The average Bonchev–Trinajstić information content (AvgIpc) is 2.25. The highest BCUT2D eigenvalue weighted by atomic mass is 16.6. The van der Waals surface area contributed by atoms with Crippen molar-refractivity contribution in [1.29, 1.82) is 0 Å². The Morgan fingerprint density at radius 3 is 2.40 bits per heavy atom. The number of carbonyl (C=O) groups excluding carboxylic acids is 1. The third kappa shape index (κ3) is 5.30. The molecule has 20 heavy (non-hydrogen) atoms. The third-order valence-corrected chi connectivity index (χ3v) is 2.63. The molecule has 1 rings (SSSR count). The van der Waals surface area contributed by atoms with Gasteiger partial charge < -0.3 is 15.2 Å². The van der Waals surface area contributed by atoms with Crippen molar-refractivity contribution >= 4 is 12.1 Å². The van der Waals surface area contributed by atoms with Crippen molar-refractivity contribution in [3.05, 3.63) is 35.4 Å². The number of carboxylic acids is 1. The zero-order valence-electron chi connectivity index (χ0n) is 12.3. The molecule has 5 nitrogen and oxygen atoms in total. The van der Waals surface area contributed by atoms with Crippen LogP contribution in [-0.2, 0) is 9.53 Å². The quantitative estimate of drug-likeness (QED) is 0.888. The van der Waals surface area contributed by atoms with Crippen molar-refractivity contribution in [2.24, 2.45) is 0 Å². The lowest BCUT2D eigenvalue weighted by Crippen LogP contribution is -2.36. The van der Waals surface area contributed by atoms with Crippen molar-refractivity contribution < 1.29 is 19.4 Å². The monoisotopic (exact) mass is 279 g/mol. The summed E-state index contributed by atoms with van der Waals surface area (Å²) >= 11 is 0. The molecular formula is C15H21NO4. The van der Waals surface area contributed by atoms with Gasteiger partial charge in [0.05, 0.1) is 12.5 Å². The van der Waals surface area contributed by atoms with E-state index in [9.17, 15) is 9.59 Å². The van der Waals surface area contributed by atoms with E-state index in [0.717, 1.165) is 11.1 Å². The van der Waals surface area contributed by atoms with Crippen LogP contribution < -0.4 is 5.32 Å². The van der Waals surface area contributed by atoms with Crippen LogP contribution in [0.1, 0.15) is 44.4 Å². The van der Waals surface area contributed by atoms with E-state index in [1.165, 1.54) is 0 Å². The lowest BCUT2D eigenvalue weighted by molar-refractivity contribution is -0.137. The minimum absolute atomic E-state index is 0.190. The molecule has 1 aromatic carbocycles. The summed E-state index contributed by atoms with van der Waals surface area (Å²) in [6.07, 6.45) is -0.809. The van der Waals surface area contributed by atoms with E-state index in [0.29, 0.717) is 0 Å². The van der Waals surface area contributed by atoms with Crippen LogP contribution in [0.4, 0.5) is 4.79 Å². The highest BCUT2D eigenvalue weighted by Crippen LogP contribution is 2.21. The van der Waals surface area contributed by atoms with E-state index >= 15 is 0 Å². The van der Waals surface area contributed by atoms with Gasteiger partial charge >= 0.3 is 12.1 Å². The van der Waals surface area contributed by atoms with Crippen LogP contribution in [0.15, 0.2) is 24.3 Å². The Bertz CT molecular complexity index is 491. The van der Waals surface area contributed by atoms with Gasteiger partial charge in [-0.2, -0.15) is 0 Å². The van der Waals surface area contributed by atoms with E-state index in [1.54, 1.807) is 26.8 Å². The maximum atomic E-state index is 11.8. The lowest BCUT2D eigenvalue weighted by Gasteiger charge is -2.24. The molecule has 1 atom stereocenters. The number of nitrogens with one attached hydrogen (secondary N) is 1. The van der Waals surface area contributed by atoms with Crippen molar-refractivity contribution in [1.82, 2.24) is 5.32 Å². The molecule has 0 unspecified atom stereocenters. The Hall–Kier alpha value is -2.04. The maximum Gasteiger partial charge on any atom is 0.408 e. The maximum absolute atomic E-state index is 11.8. The van der Waals surface area contributed by atoms with Gasteiger partial charge in [0.15, 0.2) is 0 Å².